The van der Waals surface area contributed by atoms with Crippen LogP contribution in [-0.4, -0.2) is 106 Å². The van der Waals surface area contributed by atoms with E-state index in [2.05, 4.69) is 51.8 Å². The van der Waals surface area contributed by atoms with Gasteiger partial charge in [-0.1, -0.05) is 5.21 Å². The van der Waals surface area contributed by atoms with Gasteiger partial charge in [0.15, 0.2) is 22.8 Å². The number of nitrogens with zero attached hydrogens (tertiary/aromatic N) is 8. The fourth-order valence-electron chi connectivity index (χ4n) is 5.89. The van der Waals surface area contributed by atoms with Gasteiger partial charge in [0, 0.05) is 54.7 Å². The molecule has 4 aromatic rings. The van der Waals surface area contributed by atoms with Gasteiger partial charge in [0.1, 0.15) is 0 Å². The number of carbonyl (C=O) groups is 2. The molecule has 0 aliphatic carbocycles. The minimum Gasteiger partial charge on any atom is -0.377 e. The maximum atomic E-state index is 13.0. The van der Waals surface area contributed by atoms with Crippen LogP contribution in [-0.2, 0) is 11.3 Å². The molecule has 6 rings (SSSR count). The molecule has 2 N–H and O–H groups in total. The SMILES string of the molecule is CCn1nnc2c(N3CCOCC3C)nc(-c3ccc(NC(=O)Nc4ccc(C(=O)N5CCC(N(C)C)CC5)cc4)cc3)nc21. The Kier molecular flexibility index (Phi) is 8.90. The first-order chi connectivity index (χ1) is 21.8. The van der Waals surface area contributed by atoms with Gasteiger partial charge in [-0.25, -0.2) is 19.4 Å². The van der Waals surface area contributed by atoms with Crippen molar-refractivity contribution in [2.45, 2.75) is 45.3 Å². The molecule has 2 fully saturated rings. The topological polar surface area (TPSA) is 134 Å². The van der Waals surface area contributed by atoms with Crippen molar-refractivity contribution in [3.05, 3.63) is 54.1 Å². The number of rotatable bonds is 7. The van der Waals surface area contributed by atoms with E-state index in [4.69, 9.17) is 14.7 Å². The Morgan fingerprint density at radius 2 is 1.62 bits per heavy atom. The van der Waals surface area contributed by atoms with Crippen LogP contribution in [0.2, 0.25) is 0 Å². The van der Waals surface area contributed by atoms with Crippen LogP contribution in [0.5, 0.6) is 0 Å². The zero-order chi connectivity index (χ0) is 31.5. The van der Waals surface area contributed by atoms with Gasteiger partial charge in [-0.2, -0.15) is 0 Å². The summed E-state index contributed by atoms with van der Waals surface area (Å²) in [7, 11) is 4.17. The van der Waals surface area contributed by atoms with Crippen molar-refractivity contribution in [1.29, 1.82) is 0 Å². The summed E-state index contributed by atoms with van der Waals surface area (Å²) in [6.45, 7) is 8.18. The Labute approximate surface area is 262 Å². The highest BCUT2D eigenvalue weighted by atomic mass is 16.5. The number of morpholine rings is 1. The molecule has 2 aliphatic heterocycles. The van der Waals surface area contributed by atoms with Gasteiger partial charge in [-0.3, -0.25) is 4.79 Å². The molecule has 45 heavy (non-hydrogen) atoms. The quantitative estimate of drug-likeness (QED) is 0.318. The smallest absolute Gasteiger partial charge is 0.323 e. The molecule has 2 saturated heterocycles. The average molecular weight is 613 g/mol. The van der Waals surface area contributed by atoms with Gasteiger partial charge < -0.3 is 30.1 Å². The highest BCUT2D eigenvalue weighted by Crippen LogP contribution is 2.29. The number of likely N-dealkylation sites (tertiary alicyclic amines) is 1. The van der Waals surface area contributed by atoms with Crippen LogP contribution in [0, 0.1) is 0 Å². The Bertz CT molecular complexity index is 1650. The molecule has 1 atom stereocenters. The molecule has 2 aromatic carbocycles. The molecule has 2 aromatic heterocycles. The minimum absolute atomic E-state index is 0.0217. The lowest BCUT2D eigenvalue weighted by Crippen LogP contribution is -2.44. The Balaban J connectivity index is 1.10. The Morgan fingerprint density at radius 1 is 0.956 bits per heavy atom. The van der Waals surface area contributed by atoms with E-state index in [1.54, 1.807) is 28.9 Å². The molecule has 13 heteroatoms. The first-order valence-electron chi connectivity index (χ1n) is 15.5. The third-order valence-corrected chi connectivity index (χ3v) is 8.56. The van der Waals surface area contributed by atoms with Crippen molar-refractivity contribution in [3.8, 4) is 11.4 Å². The minimum atomic E-state index is -0.383. The molecule has 1 unspecified atom stereocenters. The van der Waals surface area contributed by atoms with Gasteiger partial charge in [0.05, 0.1) is 19.3 Å². The summed E-state index contributed by atoms with van der Waals surface area (Å²) in [5.74, 6) is 1.32. The van der Waals surface area contributed by atoms with E-state index >= 15 is 0 Å². The highest BCUT2D eigenvalue weighted by Gasteiger charge is 2.27. The van der Waals surface area contributed by atoms with E-state index in [0.717, 1.165) is 37.3 Å². The number of hydrogen-bond donors (Lipinski definition) is 2. The Morgan fingerprint density at radius 3 is 2.24 bits per heavy atom. The lowest BCUT2D eigenvalue weighted by molar-refractivity contribution is 0.0663. The average Bonchev–Trinajstić information content (AvgIpc) is 3.48. The zero-order valence-corrected chi connectivity index (χ0v) is 26.2. The van der Waals surface area contributed by atoms with Gasteiger partial charge in [0.2, 0.25) is 0 Å². The number of piperidine rings is 1. The molecule has 0 radical (unpaired) electrons. The van der Waals surface area contributed by atoms with E-state index in [0.29, 0.717) is 66.3 Å². The second-order valence-corrected chi connectivity index (χ2v) is 11.8. The van der Waals surface area contributed by atoms with Gasteiger partial charge in [-0.05, 0) is 89.3 Å². The van der Waals surface area contributed by atoms with Crippen molar-refractivity contribution >= 4 is 40.3 Å². The summed E-state index contributed by atoms with van der Waals surface area (Å²) < 4.78 is 7.40. The van der Waals surface area contributed by atoms with E-state index in [-0.39, 0.29) is 18.0 Å². The summed E-state index contributed by atoms with van der Waals surface area (Å²) in [4.78, 5) is 41.8. The van der Waals surface area contributed by atoms with Crippen LogP contribution >= 0.6 is 0 Å². The van der Waals surface area contributed by atoms with Crippen molar-refractivity contribution in [1.82, 2.24) is 34.8 Å². The number of benzene rings is 2. The van der Waals surface area contributed by atoms with Gasteiger partial charge in [0.25, 0.3) is 5.91 Å². The number of carbonyl (C=O) groups excluding carboxylic acids is 2. The van der Waals surface area contributed by atoms with Crippen molar-refractivity contribution in [2.75, 3.05) is 62.5 Å². The van der Waals surface area contributed by atoms with Crippen LogP contribution in [0.1, 0.15) is 37.0 Å². The van der Waals surface area contributed by atoms with Gasteiger partial charge >= 0.3 is 6.03 Å². The fraction of sp³-hybridized carbons (Fsp3) is 0.438. The monoisotopic (exact) mass is 612 g/mol. The number of ether oxygens (including phenoxy) is 1. The van der Waals surface area contributed by atoms with Crippen molar-refractivity contribution in [3.63, 3.8) is 0 Å². The fourth-order valence-corrected chi connectivity index (χ4v) is 5.89. The van der Waals surface area contributed by atoms with Crippen LogP contribution in [0.3, 0.4) is 0 Å². The van der Waals surface area contributed by atoms with Crippen LogP contribution < -0.4 is 15.5 Å². The van der Waals surface area contributed by atoms with Crippen molar-refractivity contribution < 1.29 is 14.3 Å². The Hall–Kier alpha value is -4.62. The summed E-state index contributed by atoms with van der Waals surface area (Å²) in [6, 6.07) is 14.7. The van der Waals surface area contributed by atoms with E-state index in [1.807, 2.05) is 36.1 Å². The summed E-state index contributed by atoms with van der Waals surface area (Å²) in [5.41, 5.74) is 3.99. The number of urea groups is 1. The molecule has 3 amide bonds. The van der Waals surface area contributed by atoms with E-state index in [9.17, 15) is 9.59 Å². The number of aromatic nitrogens is 5. The van der Waals surface area contributed by atoms with Crippen molar-refractivity contribution in [2.24, 2.45) is 0 Å². The third-order valence-electron chi connectivity index (χ3n) is 8.56. The lowest BCUT2D eigenvalue weighted by atomic mass is 10.0. The summed E-state index contributed by atoms with van der Waals surface area (Å²) in [5, 5.41) is 14.4. The maximum absolute atomic E-state index is 13.0. The molecule has 0 spiro atoms. The molecule has 4 heterocycles. The number of fused-ring (bicyclic) bond motifs is 1. The predicted octanol–water partition coefficient (Wildman–Crippen LogP) is 3.94. The van der Waals surface area contributed by atoms with E-state index < -0.39 is 0 Å². The number of nitrogens with one attached hydrogen (secondary N) is 2. The standard InChI is InChI=1S/C32H40N10O3/c1-5-42-30-27(37-38-42)29(41-18-19-45-20-21(41)2)35-28(36-30)22-6-10-24(11-7-22)33-32(44)34-25-12-8-23(9-13-25)31(43)40-16-14-26(15-17-40)39(3)4/h6-13,21,26H,5,14-20H2,1-4H3,(H2,33,34,44). The molecule has 2 aliphatic rings. The normalized spacial score (nSPS) is 17.6. The molecule has 236 valence electrons. The summed E-state index contributed by atoms with van der Waals surface area (Å²) in [6.07, 6.45) is 1.94. The highest BCUT2D eigenvalue weighted by molar-refractivity contribution is 6.00. The number of hydrogen-bond acceptors (Lipinski definition) is 9. The summed E-state index contributed by atoms with van der Waals surface area (Å²) >= 11 is 0. The molecule has 0 bridgehead atoms. The molecular formula is C32H40N10O3. The first kappa shape index (κ1) is 30.4. The number of anilines is 3. The second kappa shape index (κ2) is 13.2. The maximum Gasteiger partial charge on any atom is 0.323 e. The molecule has 0 saturated carbocycles. The molecular weight excluding hydrogens is 572 g/mol. The van der Waals surface area contributed by atoms with Gasteiger partial charge in [-0.15, -0.1) is 5.10 Å². The largest absolute Gasteiger partial charge is 0.377 e. The van der Waals surface area contributed by atoms with E-state index in [1.165, 1.54) is 0 Å². The lowest BCUT2D eigenvalue weighted by Gasteiger charge is -2.35. The second-order valence-electron chi connectivity index (χ2n) is 11.8. The number of aryl methyl sites for hydroxylation is 1. The third kappa shape index (κ3) is 6.59. The molecule has 13 nitrogen and oxygen atoms in total. The predicted molar refractivity (Wildman–Crippen MR) is 174 cm³/mol. The van der Waals surface area contributed by atoms with Crippen LogP contribution in [0.25, 0.3) is 22.6 Å². The van der Waals surface area contributed by atoms with Crippen LogP contribution in [0.15, 0.2) is 48.5 Å². The van der Waals surface area contributed by atoms with Crippen LogP contribution in [0.4, 0.5) is 22.0 Å². The zero-order valence-electron chi connectivity index (χ0n) is 26.2. The first-order valence-corrected chi connectivity index (χ1v) is 15.5. The number of amides is 3.